The summed E-state index contributed by atoms with van der Waals surface area (Å²) in [6.45, 7) is 4.09. The lowest BCUT2D eigenvalue weighted by atomic mass is 9.90. The van der Waals surface area contributed by atoms with Gasteiger partial charge in [0.25, 0.3) is 0 Å². The second-order valence-corrected chi connectivity index (χ2v) is 9.61. The van der Waals surface area contributed by atoms with Crippen LogP contribution in [-0.4, -0.2) is 71.1 Å². The highest BCUT2D eigenvalue weighted by Crippen LogP contribution is 2.36. The first-order valence-corrected chi connectivity index (χ1v) is 12.6. The van der Waals surface area contributed by atoms with Crippen molar-refractivity contribution < 1.29 is 14.6 Å². The van der Waals surface area contributed by atoms with Gasteiger partial charge in [0.05, 0.1) is 13.2 Å². The molecule has 34 heavy (non-hydrogen) atoms. The van der Waals surface area contributed by atoms with Crippen LogP contribution >= 0.6 is 0 Å². The number of aliphatic hydroxyl groups is 1. The average Bonchev–Trinajstić information content (AvgIpc) is 3.34. The number of methoxy groups -OCH3 is 1. The van der Waals surface area contributed by atoms with Gasteiger partial charge in [0.15, 0.2) is 5.78 Å². The summed E-state index contributed by atoms with van der Waals surface area (Å²) >= 11 is 0. The van der Waals surface area contributed by atoms with Crippen molar-refractivity contribution in [3.8, 4) is 5.75 Å². The summed E-state index contributed by atoms with van der Waals surface area (Å²) in [6, 6.07) is 15.6. The van der Waals surface area contributed by atoms with E-state index in [-0.39, 0.29) is 5.78 Å². The van der Waals surface area contributed by atoms with Crippen LogP contribution in [0.1, 0.15) is 54.1 Å². The normalized spacial score (nSPS) is 20.3. The monoisotopic (exact) mass is 461 g/mol. The third-order valence-electron chi connectivity index (χ3n) is 7.68. The molecule has 0 amide bonds. The van der Waals surface area contributed by atoms with Crippen molar-refractivity contribution in [3.05, 3.63) is 65.9 Å². The zero-order valence-electron chi connectivity index (χ0n) is 20.0. The molecule has 0 bridgehead atoms. The van der Waals surface area contributed by atoms with Crippen LogP contribution < -0.4 is 4.74 Å². The lowest BCUT2D eigenvalue weighted by Gasteiger charge is -2.43. The molecule has 0 radical (unpaired) electrons. The highest BCUT2D eigenvalue weighted by molar-refractivity contribution is 6.10. The number of carbonyl (C=O) groups excluding carboxylic acids is 1. The molecule has 180 valence electrons. The Labute approximate surface area is 201 Å². The number of fused-ring (bicyclic) bond motifs is 1. The Kier molecular flexibility index (Phi) is 6.99. The molecule has 3 aromatic rings. The largest absolute Gasteiger partial charge is 0.496 e. The Hall–Kier alpha value is -2.67. The SMILES string of the molecule is COc1ccccc1[C@@H]([C@H](O)C(=O)c1c[nH]c2ccccc12)N1CCC(N2CCCCC2)CC1. The summed E-state index contributed by atoms with van der Waals surface area (Å²) < 4.78 is 5.66. The van der Waals surface area contributed by atoms with E-state index in [1.54, 1.807) is 13.3 Å². The molecule has 0 aliphatic carbocycles. The molecule has 0 spiro atoms. The van der Waals surface area contributed by atoms with E-state index in [2.05, 4.69) is 14.8 Å². The number of Topliss-reactive ketones (excluding diaryl/α,β-unsaturated/α-hetero) is 1. The first-order chi connectivity index (χ1) is 16.7. The molecule has 2 aliphatic heterocycles. The molecule has 0 saturated carbocycles. The maximum absolute atomic E-state index is 13.6. The zero-order valence-corrected chi connectivity index (χ0v) is 20.0. The van der Waals surface area contributed by atoms with Gasteiger partial charge in [0.1, 0.15) is 11.9 Å². The minimum atomic E-state index is -1.19. The number of benzene rings is 2. The Morgan fingerprint density at radius 3 is 2.47 bits per heavy atom. The third kappa shape index (κ3) is 4.50. The molecule has 2 aromatic carbocycles. The topological polar surface area (TPSA) is 68.8 Å². The van der Waals surface area contributed by atoms with Crippen molar-refractivity contribution in [1.29, 1.82) is 0 Å². The van der Waals surface area contributed by atoms with Crippen molar-refractivity contribution >= 4 is 16.7 Å². The number of para-hydroxylation sites is 2. The summed E-state index contributed by atoms with van der Waals surface area (Å²) in [6.07, 6.45) is 6.57. The number of aromatic amines is 1. The van der Waals surface area contributed by atoms with Gasteiger partial charge in [0, 0.05) is 47.4 Å². The van der Waals surface area contributed by atoms with E-state index in [1.165, 1.54) is 32.4 Å². The molecule has 5 rings (SSSR count). The lowest BCUT2D eigenvalue weighted by Crippen LogP contribution is -2.50. The zero-order chi connectivity index (χ0) is 23.5. The number of hydrogen-bond acceptors (Lipinski definition) is 5. The molecular formula is C28H35N3O3. The van der Waals surface area contributed by atoms with E-state index in [9.17, 15) is 9.90 Å². The molecule has 2 atom stereocenters. The van der Waals surface area contributed by atoms with Gasteiger partial charge in [-0.25, -0.2) is 0 Å². The number of ketones is 1. The Morgan fingerprint density at radius 2 is 1.71 bits per heavy atom. The average molecular weight is 462 g/mol. The molecular weight excluding hydrogens is 426 g/mol. The summed E-state index contributed by atoms with van der Waals surface area (Å²) in [5, 5.41) is 12.4. The second-order valence-electron chi connectivity index (χ2n) is 9.61. The predicted molar refractivity (Wildman–Crippen MR) is 134 cm³/mol. The standard InChI is InChI=1S/C28H35N3O3/c1-34-25-12-6-4-10-22(25)26(31-17-13-20(14-18-31)30-15-7-2-8-16-30)28(33)27(32)23-19-29-24-11-5-3-9-21(23)24/h3-6,9-12,19-20,26,28-29,33H,2,7-8,13-18H2,1H3/t26-,28-/m0/s1. The molecule has 2 aliphatic rings. The minimum absolute atomic E-state index is 0.258. The highest BCUT2D eigenvalue weighted by Gasteiger charge is 2.38. The van der Waals surface area contributed by atoms with Gasteiger partial charge in [-0.2, -0.15) is 0 Å². The van der Waals surface area contributed by atoms with Crippen LogP contribution in [0.25, 0.3) is 10.9 Å². The Balaban J connectivity index is 1.42. The first-order valence-electron chi connectivity index (χ1n) is 12.6. The van der Waals surface area contributed by atoms with Crippen molar-refractivity contribution in [2.24, 2.45) is 0 Å². The van der Waals surface area contributed by atoms with Gasteiger partial charge < -0.3 is 19.7 Å². The van der Waals surface area contributed by atoms with Crippen LogP contribution in [0.5, 0.6) is 5.75 Å². The quantitative estimate of drug-likeness (QED) is 0.510. The number of hydrogen-bond donors (Lipinski definition) is 2. The van der Waals surface area contributed by atoms with Crippen molar-refractivity contribution in [2.75, 3.05) is 33.3 Å². The number of likely N-dealkylation sites (tertiary alicyclic amines) is 2. The summed E-state index contributed by atoms with van der Waals surface area (Å²) in [4.78, 5) is 21.7. The van der Waals surface area contributed by atoms with E-state index in [4.69, 9.17) is 4.74 Å². The van der Waals surface area contributed by atoms with Crippen LogP contribution in [0.15, 0.2) is 54.7 Å². The van der Waals surface area contributed by atoms with Gasteiger partial charge in [-0.1, -0.05) is 42.8 Å². The highest BCUT2D eigenvalue weighted by atomic mass is 16.5. The number of aliphatic hydroxyl groups excluding tert-OH is 1. The second kappa shape index (κ2) is 10.3. The number of rotatable bonds is 7. The Morgan fingerprint density at radius 1 is 1.00 bits per heavy atom. The lowest BCUT2D eigenvalue weighted by molar-refractivity contribution is 0.0154. The molecule has 0 unspecified atom stereocenters. The van der Waals surface area contributed by atoms with Crippen LogP contribution in [0.3, 0.4) is 0 Å². The maximum atomic E-state index is 13.6. The van der Waals surface area contributed by atoms with Gasteiger partial charge in [-0.05, 0) is 50.9 Å². The van der Waals surface area contributed by atoms with Crippen LogP contribution in [-0.2, 0) is 0 Å². The first kappa shape index (κ1) is 23.1. The third-order valence-corrected chi connectivity index (χ3v) is 7.68. The summed E-state index contributed by atoms with van der Waals surface area (Å²) in [5.41, 5.74) is 2.29. The molecule has 3 heterocycles. The van der Waals surface area contributed by atoms with E-state index in [1.807, 2.05) is 48.5 Å². The van der Waals surface area contributed by atoms with E-state index >= 15 is 0 Å². The fourth-order valence-corrected chi connectivity index (χ4v) is 5.87. The molecule has 1 aromatic heterocycles. The number of carbonyl (C=O) groups is 1. The predicted octanol–water partition coefficient (Wildman–Crippen LogP) is 4.41. The number of nitrogens with zero attached hydrogens (tertiary/aromatic N) is 2. The van der Waals surface area contributed by atoms with Crippen molar-refractivity contribution in [2.45, 2.75) is 50.3 Å². The number of nitrogens with one attached hydrogen (secondary N) is 1. The fourth-order valence-electron chi connectivity index (χ4n) is 5.87. The smallest absolute Gasteiger partial charge is 0.195 e. The van der Waals surface area contributed by atoms with Crippen LogP contribution in [0.2, 0.25) is 0 Å². The van der Waals surface area contributed by atoms with Crippen molar-refractivity contribution in [1.82, 2.24) is 14.8 Å². The van der Waals surface area contributed by atoms with Gasteiger partial charge in [-0.3, -0.25) is 9.69 Å². The van der Waals surface area contributed by atoms with Gasteiger partial charge in [-0.15, -0.1) is 0 Å². The summed E-state index contributed by atoms with van der Waals surface area (Å²) in [7, 11) is 1.65. The molecule has 2 saturated heterocycles. The fraction of sp³-hybridized carbons (Fsp3) is 0.464. The number of ether oxygens (including phenoxy) is 1. The maximum Gasteiger partial charge on any atom is 0.195 e. The Bertz CT molecular complexity index is 1110. The van der Waals surface area contributed by atoms with Gasteiger partial charge in [0.2, 0.25) is 0 Å². The summed E-state index contributed by atoms with van der Waals surface area (Å²) in [5.74, 6) is 0.447. The molecule has 2 N–H and O–H groups in total. The van der Waals surface area contributed by atoms with E-state index in [0.717, 1.165) is 42.4 Å². The molecule has 6 nitrogen and oxygen atoms in total. The molecule has 2 fully saturated rings. The number of aromatic nitrogens is 1. The van der Waals surface area contributed by atoms with Gasteiger partial charge >= 0.3 is 0 Å². The van der Waals surface area contributed by atoms with Crippen LogP contribution in [0, 0.1) is 0 Å². The van der Waals surface area contributed by atoms with E-state index in [0.29, 0.717) is 17.4 Å². The van der Waals surface area contributed by atoms with Crippen LogP contribution in [0.4, 0.5) is 0 Å². The molecule has 6 heteroatoms. The van der Waals surface area contributed by atoms with E-state index < -0.39 is 12.1 Å². The van der Waals surface area contributed by atoms with Crippen molar-refractivity contribution in [3.63, 3.8) is 0 Å². The minimum Gasteiger partial charge on any atom is -0.496 e. The number of piperidine rings is 2. The number of H-pyrrole nitrogens is 1.